The van der Waals surface area contributed by atoms with Gasteiger partial charge in [0.05, 0.1) is 16.7 Å². The molecule has 0 saturated carbocycles. The third-order valence-corrected chi connectivity index (χ3v) is 3.45. The summed E-state index contributed by atoms with van der Waals surface area (Å²) in [6.07, 6.45) is 1.90. The average molecular weight is 344 g/mol. The number of carbonyl (C=O) groups excluding carboxylic acids is 1. The zero-order valence-corrected chi connectivity index (χ0v) is 13.7. The fourth-order valence-electron chi connectivity index (χ4n) is 1.67. The fourth-order valence-corrected chi connectivity index (χ4v) is 2.27. The van der Waals surface area contributed by atoms with E-state index >= 15 is 0 Å². The Hall–Kier alpha value is -1.79. The minimum absolute atomic E-state index is 0.250. The number of nitrogens with one attached hydrogen (secondary N) is 1. The summed E-state index contributed by atoms with van der Waals surface area (Å²) in [5.74, 6) is 0.218. The molecule has 0 aliphatic carbocycles. The second-order valence-corrected chi connectivity index (χ2v) is 5.44. The van der Waals surface area contributed by atoms with Crippen LogP contribution in [0.1, 0.15) is 35.8 Å². The highest BCUT2D eigenvalue weighted by Gasteiger charge is 2.16. The van der Waals surface area contributed by atoms with Crippen molar-refractivity contribution in [3.8, 4) is 5.75 Å². The van der Waals surface area contributed by atoms with E-state index in [1.54, 1.807) is 6.92 Å². The van der Waals surface area contributed by atoms with Crippen LogP contribution in [0.5, 0.6) is 5.75 Å². The topological polar surface area (TPSA) is 77.2 Å². The van der Waals surface area contributed by atoms with Crippen molar-refractivity contribution in [3.63, 3.8) is 0 Å². The Morgan fingerprint density at radius 3 is 2.55 bits per heavy atom. The van der Waals surface area contributed by atoms with E-state index in [1.807, 2.05) is 0 Å². The standard InChI is InChI=1S/C14H15Cl2N3O3/c1-3-4-5-21-12-10(15)6-9(7-11(12)16)14(20)17-13-8(2)18-22-19-13/h6-7H,3-5H2,1-2H3,(H,17,19,20). The lowest BCUT2D eigenvalue weighted by molar-refractivity contribution is 0.102. The van der Waals surface area contributed by atoms with Gasteiger partial charge in [0.1, 0.15) is 5.69 Å². The molecule has 1 heterocycles. The second kappa shape index (κ2) is 7.47. The van der Waals surface area contributed by atoms with Gasteiger partial charge in [0.25, 0.3) is 5.91 Å². The summed E-state index contributed by atoms with van der Waals surface area (Å²) in [7, 11) is 0. The van der Waals surface area contributed by atoms with Crippen LogP contribution in [0.3, 0.4) is 0 Å². The monoisotopic (exact) mass is 343 g/mol. The number of unbranched alkanes of at least 4 members (excludes halogenated alkanes) is 1. The summed E-state index contributed by atoms with van der Waals surface area (Å²) in [6.45, 7) is 4.24. The van der Waals surface area contributed by atoms with Gasteiger partial charge in [-0.15, -0.1) is 0 Å². The van der Waals surface area contributed by atoms with Crippen LogP contribution in [-0.4, -0.2) is 22.8 Å². The SMILES string of the molecule is CCCCOc1c(Cl)cc(C(=O)Nc2nonc2C)cc1Cl. The number of aryl methyl sites for hydroxylation is 1. The van der Waals surface area contributed by atoms with Crippen LogP contribution in [0.15, 0.2) is 16.8 Å². The molecule has 6 nitrogen and oxygen atoms in total. The van der Waals surface area contributed by atoms with Gasteiger partial charge >= 0.3 is 0 Å². The van der Waals surface area contributed by atoms with Crippen molar-refractivity contribution in [2.24, 2.45) is 0 Å². The van der Waals surface area contributed by atoms with Crippen LogP contribution >= 0.6 is 23.2 Å². The van der Waals surface area contributed by atoms with E-state index < -0.39 is 5.91 Å². The molecule has 0 aliphatic heterocycles. The first-order valence-electron chi connectivity index (χ1n) is 6.75. The van der Waals surface area contributed by atoms with E-state index in [0.29, 0.717) is 23.6 Å². The van der Waals surface area contributed by atoms with Crippen molar-refractivity contribution in [1.82, 2.24) is 10.3 Å². The third kappa shape index (κ3) is 3.90. The molecular formula is C14H15Cl2N3O3. The van der Waals surface area contributed by atoms with Gasteiger partial charge in [-0.05, 0) is 30.6 Å². The number of anilines is 1. The van der Waals surface area contributed by atoms with Gasteiger partial charge in [-0.2, -0.15) is 0 Å². The molecule has 1 aromatic carbocycles. The van der Waals surface area contributed by atoms with Crippen molar-refractivity contribution < 1.29 is 14.2 Å². The molecule has 8 heteroatoms. The summed E-state index contributed by atoms with van der Waals surface area (Å²) in [6, 6.07) is 2.99. The van der Waals surface area contributed by atoms with E-state index in [-0.39, 0.29) is 15.9 Å². The van der Waals surface area contributed by atoms with Crippen molar-refractivity contribution in [2.45, 2.75) is 26.7 Å². The summed E-state index contributed by atoms with van der Waals surface area (Å²) >= 11 is 12.3. The van der Waals surface area contributed by atoms with E-state index in [9.17, 15) is 4.79 Å². The first kappa shape index (κ1) is 16.6. The smallest absolute Gasteiger partial charge is 0.257 e. The fraction of sp³-hybridized carbons (Fsp3) is 0.357. The highest BCUT2D eigenvalue weighted by atomic mass is 35.5. The van der Waals surface area contributed by atoms with Crippen LogP contribution in [0.25, 0.3) is 0 Å². The number of amides is 1. The lowest BCUT2D eigenvalue weighted by Crippen LogP contribution is -2.13. The molecule has 2 aromatic rings. The molecule has 0 unspecified atom stereocenters. The highest BCUT2D eigenvalue weighted by molar-refractivity contribution is 6.37. The van der Waals surface area contributed by atoms with Gasteiger partial charge in [-0.3, -0.25) is 4.79 Å². The summed E-state index contributed by atoms with van der Waals surface area (Å²) in [4.78, 5) is 12.2. The predicted molar refractivity (Wildman–Crippen MR) is 83.9 cm³/mol. The Morgan fingerprint density at radius 1 is 1.32 bits per heavy atom. The minimum atomic E-state index is -0.414. The molecule has 0 fully saturated rings. The molecule has 22 heavy (non-hydrogen) atoms. The molecule has 0 bridgehead atoms. The van der Waals surface area contributed by atoms with Crippen LogP contribution in [0, 0.1) is 6.92 Å². The van der Waals surface area contributed by atoms with E-state index in [0.717, 1.165) is 12.8 Å². The number of ether oxygens (including phenoxy) is 1. The van der Waals surface area contributed by atoms with Gasteiger partial charge in [-0.1, -0.05) is 41.7 Å². The Balaban J connectivity index is 2.15. The Labute approximate surface area is 137 Å². The molecule has 0 saturated heterocycles. The van der Waals surface area contributed by atoms with Gasteiger partial charge in [0.15, 0.2) is 5.75 Å². The molecule has 1 amide bonds. The molecule has 1 N–H and O–H groups in total. The van der Waals surface area contributed by atoms with Crippen molar-refractivity contribution in [2.75, 3.05) is 11.9 Å². The number of carbonyl (C=O) groups is 1. The summed E-state index contributed by atoms with van der Waals surface area (Å²) < 4.78 is 10.1. The molecule has 0 aliphatic rings. The van der Waals surface area contributed by atoms with Gasteiger partial charge < -0.3 is 10.1 Å². The lowest BCUT2D eigenvalue weighted by Gasteiger charge is -2.11. The van der Waals surface area contributed by atoms with Crippen molar-refractivity contribution in [1.29, 1.82) is 0 Å². The molecule has 0 spiro atoms. The van der Waals surface area contributed by atoms with Gasteiger partial charge in [0, 0.05) is 5.56 Å². The van der Waals surface area contributed by atoms with Crippen LogP contribution < -0.4 is 10.1 Å². The molecule has 118 valence electrons. The van der Waals surface area contributed by atoms with E-state index in [1.165, 1.54) is 12.1 Å². The number of rotatable bonds is 6. The number of nitrogens with zero attached hydrogens (tertiary/aromatic N) is 2. The molecule has 2 rings (SSSR count). The quantitative estimate of drug-likeness (QED) is 0.798. The van der Waals surface area contributed by atoms with E-state index in [4.69, 9.17) is 27.9 Å². The molecule has 0 radical (unpaired) electrons. The number of hydrogen-bond acceptors (Lipinski definition) is 5. The normalized spacial score (nSPS) is 10.5. The summed E-state index contributed by atoms with van der Waals surface area (Å²) in [5, 5.41) is 10.3. The van der Waals surface area contributed by atoms with Crippen LogP contribution in [-0.2, 0) is 0 Å². The molecular weight excluding hydrogens is 329 g/mol. The Kier molecular flexibility index (Phi) is 5.63. The first-order chi connectivity index (χ1) is 10.5. The maximum Gasteiger partial charge on any atom is 0.257 e. The van der Waals surface area contributed by atoms with Crippen LogP contribution in [0.2, 0.25) is 10.0 Å². The third-order valence-electron chi connectivity index (χ3n) is 2.89. The molecule has 1 aromatic heterocycles. The zero-order valence-electron chi connectivity index (χ0n) is 12.2. The average Bonchev–Trinajstić information content (AvgIpc) is 2.87. The number of halogens is 2. The first-order valence-corrected chi connectivity index (χ1v) is 7.50. The van der Waals surface area contributed by atoms with Crippen LogP contribution in [0.4, 0.5) is 5.82 Å². The maximum atomic E-state index is 12.2. The zero-order chi connectivity index (χ0) is 16.1. The Bertz CT molecular complexity index is 650. The van der Waals surface area contributed by atoms with E-state index in [2.05, 4.69) is 27.2 Å². The predicted octanol–water partition coefficient (Wildman–Crippen LogP) is 4.12. The minimum Gasteiger partial charge on any atom is -0.490 e. The number of aromatic nitrogens is 2. The highest BCUT2D eigenvalue weighted by Crippen LogP contribution is 2.34. The lowest BCUT2D eigenvalue weighted by atomic mass is 10.2. The van der Waals surface area contributed by atoms with Gasteiger partial charge in [0.2, 0.25) is 5.82 Å². The Morgan fingerprint density at radius 2 is 2.00 bits per heavy atom. The largest absolute Gasteiger partial charge is 0.490 e. The number of hydrogen-bond donors (Lipinski definition) is 1. The number of benzene rings is 1. The molecule has 0 atom stereocenters. The van der Waals surface area contributed by atoms with Gasteiger partial charge in [-0.25, -0.2) is 4.63 Å². The van der Waals surface area contributed by atoms with Crippen molar-refractivity contribution in [3.05, 3.63) is 33.4 Å². The second-order valence-electron chi connectivity index (χ2n) is 4.62. The maximum absolute atomic E-state index is 12.2. The van der Waals surface area contributed by atoms with Crippen molar-refractivity contribution >= 4 is 34.9 Å². The summed E-state index contributed by atoms with van der Waals surface area (Å²) in [5.41, 5.74) is 0.769.